The number of aryl methyl sites for hydroxylation is 3. The Balaban J connectivity index is 2.43. The molecule has 0 radical (unpaired) electrons. The van der Waals surface area contributed by atoms with Crippen LogP contribution in [0.25, 0.3) is 0 Å². The predicted octanol–water partition coefficient (Wildman–Crippen LogP) is 5.89. The standard InChI is InChI=1S/C16H15BrClF/c1-9-4-5-12(8-14(9)18)15(17)13-6-10(2)16(19)11(3)7-13/h4-8,15H,1-3H3. The molecule has 100 valence electrons. The van der Waals surface area contributed by atoms with Gasteiger partial charge in [0, 0.05) is 5.02 Å². The van der Waals surface area contributed by atoms with Gasteiger partial charge in [-0.2, -0.15) is 0 Å². The molecular formula is C16H15BrClF. The molecule has 0 spiro atoms. The quantitative estimate of drug-likeness (QED) is 0.598. The lowest BCUT2D eigenvalue weighted by Gasteiger charge is -2.14. The molecule has 1 unspecified atom stereocenters. The van der Waals surface area contributed by atoms with E-state index < -0.39 is 0 Å². The molecule has 1 atom stereocenters. The Labute approximate surface area is 126 Å². The van der Waals surface area contributed by atoms with Crippen molar-refractivity contribution in [1.82, 2.24) is 0 Å². The Morgan fingerprint density at radius 3 is 2.05 bits per heavy atom. The van der Waals surface area contributed by atoms with Gasteiger partial charge in [0.25, 0.3) is 0 Å². The van der Waals surface area contributed by atoms with Gasteiger partial charge in [0.05, 0.1) is 4.83 Å². The Morgan fingerprint density at radius 1 is 0.947 bits per heavy atom. The fourth-order valence-corrected chi connectivity index (χ4v) is 2.82. The summed E-state index contributed by atoms with van der Waals surface area (Å²) in [4.78, 5) is 0.0172. The summed E-state index contributed by atoms with van der Waals surface area (Å²) in [6, 6.07) is 9.72. The maximum atomic E-state index is 13.7. The zero-order valence-corrected chi connectivity index (χ0v) is 13.4. The van der Waals surface area contributed by atoms with Crippen molar-refractivity contribution in [2.24, 2.45) is 0 Å². The van der Waals surface area contributed by atoms with Crippen LogP contribution in [-0.4, -0.2) is 0 Å². The minimum atomic E-state index is -0.134. The van der Waals surface area contributed by atoms with E-state index in [2.05, 4.69) is 15.9 Å². The molecule has 0 fully saturated rings. The van der Waals surface area contributed by atoms with E-state index in [-0.39, 0.29) is 10.6 Å². The fraction of sp³-hybridized carbons (Fsp3) is 0.250. The zero-order valence-electron chi connectivity index (χ0n) is 11.1. The molecule has 0 aliphatic rings. The largest absolute Gasteiger partial charge is 0.206 e. The third-order valence-electron chi connectivity index (χ3n) is 3.24. The van der Waals surface area contributed by atoms with Gasteiger partial charge in [-0.1, -0.05) is 51.8 Å². The van der Waals surface area contributed by atoms with E-state index in [1.807, 2.05) is 37.3 Å². The van der Waals surface area contributed by atoms with Gasteiger partial charge in [0.1, 0.15) is 5.82 Å². The van der Waals surface area contributed by atoms with Crippen LogP contribution in [0.5, 0.6) is 0 Å². The molecule has 0 bridgehead atoms. The van der Waals surface area contributed by atoms with Crippen molar-refractivity contribution >= 4 is 27.5 Å². The van der Waals surface area contributed by atoms with Crippen LogP contribution in [-0.2, 0) is 0 Å². The highest BCUT2D eigenvalue weighted by atomic mass is 79.9. The first kappa shape index (κ1) is 14.5. The molecular weight excluding hydrogens is 327 g/mol. The summed E-state index contributed by atoms with van der Waals surface area (Å²) in [7, 11) is 0. The van der Waals surface area contributed by atoms with Crippen LogP contribution in [0.2, 0.25) is 5.02 Å². The van der Waals surface area contributed by atoms with E-state index in [1.54, 1.807) is 13.8 Å². The fourth-order valence-electron chi connectivity index (χ4n) is 2.08. The third kappa shape index (κ3) is 3.01. The molecule has 0 saturated carbocycles. The molecule has 0 saturated heterocycles. The number of alkyl halides is 1. The van der Waals surface area contributed by atoms with Gasteiger partial charge >= 0.3 is 0 Å². The van der Waals surface area contributed by atoms with Gasteiger partial charge in [-0.3, -0.25) is 0 Å². The molecule has 2 aromatic carbocycles. The van der Waals surface area contributed by atoms with Crippen molar-refractivity contribution in [2.75, 3.05) is 0 Å². The molecule has 0 N–H and O–H groups in total. The van der Waals surface area contributed by atoms with Crippen LogP contribution in [0, 0.1) is 26.6 Å². The van der Waals surface area contributed by atoms with Crippen LogP contribution in [0.4, 0.5) is 4.39 Å². The molecule has 2 aromatic rings. The highest BCUT2D eigenvalue weighted by molar-refractivity contribution is 9.09. The average molecular weight is 342 g/mol. The molecule has 0 aromatic heterocycles. The highest BCUT2D eigenvalue weighted by Gasteiger charge is 2.14. The van der Waals surface area contributed by atoms with Gasteiger partial charge in [-0.25, -0.2) is 4.39 Å². The first-order valence-electron chi connectivity index (χ1n) is 6.07. The molecule has 0 aliphatic heterocycles. The number of rotatable bonds is 2. The van der Waals surface area contributed by atoms with Gasteiger partial charge < -0.3 is 0 Å². The smallest absolute Gasteiger partial charge is 0.129 e. The van der Waals surface area contributed by atoms with Gasteiger partial charge in [0.2, 0.25) is 0 Å². The third-order valence-corrected chi connectivity index (χ3v) is 4.70. The normalized spacial score (nSPS) is 12.5. The lowest BCUT2D eigenvalue weighted by Crippen LogP contribution is -1.97. The minimum Gasteiger partial charge on any atom is -0.206 e. The second-order valence-electron chi connectivity index (χ2n) is 4.84. The monoisotopic (exact) mass is 340 g/mol. The lowest BCUT2D eigenvalue weighted by molar-refractivity contribution is 0.608. The molecule has 0 heterocycles. The van der Waals surface area contributed by atoms with Crippen molar-refractivity contribution in [3.8, 4) is 0 Å². The molecule has 0 aliphatic carbocycles. The molecule has 0 nitrogen and oxygen atoms in total. The van der Waals surface area contributed by atoms with Crippen LogP contribution in [0.15, 0.2) is 30.3 Å². The summed E-state index contributed by atoms with van der Waals surface area (Å²) >= 11 is 9.82. The van der Waals surface area contributed by atoms with Crippen molar-refractivity contribution < 1.29 is 4.39 Å². The summed E-state index contributed by atoms with van der Waals surface area (Å²) in [5, 5.41) is 0.748. The summed E-state index contributed by atoms with van der Waals surface area (Å²) in [6.45, 7) is 5.54. The lowest BCUT2D eigenvalue weighted by atomic mass is 9.99. The van der Waals surface area contributed by atoms with E-state index in [9.17, 15) is 4.39 Å². The second kappa shape index (κ2) is 5.64. The molecule has 3 heteroatoms. The van der Waals surface area contributed by atoms with Crippen molar-refractivity contribution in [1.29, 1.82) is 0 Å². The van der Waals surface area contributed by atoms with Crippen LogP contribution in [0.3, 0.4) is 0 Å². The number of hydrogen-bond donors (Lipinski definition) is 0. The van der Waals surface area contributed by atoms with Crippen molar-refractivity contribution in [3.05, 3.63) is 69.0 Å². The highest BCUT2D eigenvalue weighted by Crippen LogP contribution is 2.34. The first-order valence-corrected chi connectivity index (χ1v) is 7.36. The van der Waals surface area contributed by atoms with E-state index in [0.29, 0.717) is 11.1 Å². The average Bonchev–Trinajstić information content (AvgIpc) is 2.37. The van der Waals surface area contributed by atoms with Gasteiger partial charge in [0.15, 0.2) is 0 Å². The summed E-state index contributed by atoms with van der Waals surface area (Å²) in [6.07, 6.45) is 0. The van der Waals surface area contributed by atoms with Gasteiger partial charge in [-0.05, 0) is 54.7 Å². The predicted molar refractivity (Wildman–Crippen MR) is 82.8 cm³/mol. The van der Waals surface area contributed by atoms with Crippen LogP contribution in [0.1, 0.15) is 32.6 Å². The van der Waals surface area contributed by atoms with E-state index in [4.69, 9.17) is 11.6 Å². The Kier molecular flexibility index (Phi) is 4.32. The second-order valence-corrected chi connectivity index (χ2v) is 6.16. The number of halogens is 3. The summed E-state index contributed by atoms with van der Waals surface area (Å²) in [5.74, 6) is -0.134. The maximum Gasteiger partial charge on any atom is 0.129 e. The Morgan fingerprint density at radius 2 is 1.53 bits per heavy atom. The van der Waals surface area contributed by atoms with Gasteiger partial charge in [-0.15, -0.1) is 0 Å². The number of benzene rings is 2. The zero-order chi connectivity index (χ0) is 14.2. The molecule has 2 rings (SSSR count). The topological polar surface area (TPSA) is 0 Å². The van der Waals surface area contributed by atoms with E-state index in [0.717, 1.165) is 21.7 Å². The summed E-state index contributed by atoms with van der Waals surface area (Å²) in [5.41, 5.74) is 4.49. The van der Waals surface area contributed by atoms with E-state index >= 15 is 0 Å². The van der Waals surface area contributed by atoms with Crippen molar-refractivity contribution in [3.63, 3.8) is 0 Å². The maximum absolute atomic E-state index is 13.7. The van der Waals surface area contributed by atoms with E-state index in [1.165, 1.54) is 0 Å². The Bertz CT molecular complexity index is 599. The minimum absolute atomic E-state index is 0.0172. The Hall–Kier alpha value is -0.860. The summed E-state index contributed by atoms with van der Waals surface area (Å²) < 4.78 is 13.7. The molecule has 0 amide bonds. The van der Waals surface area contributed by atoms with Crippen LogP contribution >= 0.6 is 27.5 Å². The van der Waals surface area contributed by atoms with Crippen molar-refractivity contribution in [2.45, 2.75) is 25.6 Å². The SMILES string of the molecule is Cc1ccc(C(Br)c2cc(C)c(F)c(C)c2)cc1Cl. The molecule has 19 heavy (non-hydrogen) atoms. The number of hydrogen-bond acceptors (Lipinski definition) is 0. The van der Waals surface area contributed by atoms with Crippen LogP contribution < -0.4 is 0 Å². The first-order chi connectivity index (χ1) is 8.90.